The van der Waals surface area contributed by atoms with Gasteiger partial charge in [0, 0.05) is 37.2 Å². The molecule has 3 rings (SSSR count). The first-order chi connectivity index (χ1) is 12.4. The summed E-state index contributed by atoms with van der Waals surface area (Å²) < 4.78 is 0.944. The number of amides is 1. The van der Waals surface area contributed by atoms with E-state index in [1.54, 1.807) is 12.4 Å². The molecule has 2 aromatic heterocycles. The Labute approximate surface area is 149 Å². The SMILES string of the molecule is Cn1c(=O)[nH]cc(CC(=O)N[C@H](Cc2ccncc2)C2CC(O)C2)c1=O. The van der Waals surface area contributed by atoms with Crippen LogP contribution in [0, 0.1) is 5.92 Å². The van der Waals surface area contributed by atoms with Gasteiger partial charge >= 0.3 is 5.69 Å². The lowest BCUT2D eigenvalue weighted by atomic mass is 9.75. The van der Waals surface area contributed by atoms with E-state index in [9.17, 15) is 19.5 Å². The number of aliphatic hydroxyl groups is 1. The fraction of sp³-hybridized carbons (Fsp3) is 0.444. The van der Waals surface area contributed by atoms with Gasteiger partial charge in [-0.25, -0.2) is 4.79 Å². The monoisotopic (exact) mass is 358 g/mol. The molecule has 0 radical (unpaired) electrons. The van der Waals surface area contributed by atoms with Crippen molar-refractivity contribution in [3.63, 3.8) is 0 Å². The number of pyridine rings is 1. The Hall–Kier alpha value is -2.74. The van der Waals surface area contributed by atoms with Crippen LogP contribution in [0.15, 0.2) is 40.3 Å². The summed E-state index contributed by atoms with van der Waals surface area (Å²) in [5.41, 5.74) is 0.291. The number of aromatic nitrogens is 3. The molecule has 1 aliphatic carbocycles. The smallest absolute Gasteiger partial charge is 0.328 e. The number of hydrogen-bond donors (Lipinski definition) is 3. The molecule has 8 heteroatoms. The molecule has 0 unspecified atom stereocenters. The Morgan fingerprint density at radius 3 is 2.73 bits per heavy atom. The minimum Gasteiger partial charge on any atom is -0.393 e. The number of carbonyl (C=O) groups is 1. The Morgan fingerprint density at radius 1 is 1.38 bits per heavy atom. The average Bonchev–Trinajstić information content (AvgIpc) is 2.60. The topological polar surface area (TPSA) is 117 Å². The van der Waals surface area contributed by atoms with Crippen LogP contribution in [-0.4, -0.2) is 37.7 Å². The molecular formula is C18H22N4O4. The number of hydrogen-bond acceptors (Lipinski definition) is 5. The predicted octanol–water partition coefficient (Wildman–Crippen LogP) is -0.490. The first-order valence-corrected chi connectivity index (χ1v) is 8.58. The van der Waals surface area contributed by atoms with Gasteiger partial charge in [-0.15, -0.1) is 0 Å². The van der Waals surface area contributed by atoms with Crippen LogP contribution in [0.25, 0.3) is 0 Å². The largest absolute Gasteiger partial charge is 0.393 e. The van der Waals surface area contributed by atoms with Crippen molar-refractivity contribution in [3.05, 3.63) is 62.7 Å². The lowest BCUT2D eigenvalue weighted by Gasteiger charge is -2.38. The highest BCUT2D eigenvalue weighted by Crippen LogP contribution is 2.31. The summed E-state index contributed by atoms with van der Waals surface area (Å²) in [6.45, 7) is 0. The second kappa shape index (κ2) is 7.65. The summed E-state index contributed by atoms with van der Waals surface area (Å²) in [5, 5.41) is 12.6. The van der Waals surface area contributed by atoms with Crippen LogP contribution in [0.4, 0.5) is 0 Å². The molecule has 8 nitrogen and oxygen atoms in total. The van der Waals surface area contributed by atoms with E-state index in [2.05, 4.69) is 15.3 Å². The van der Waals surface area contributed by atoms with Gasteiger partial charge in [0.2, 0.25) is 5.91 Å². The summed E-state index contributed by atoms with van der Waals surface area (Å²) in [6, 6.07) is 3.66. The van der Waals surface area contributed by atoms with E-state index >= 15 is 0 Å². The van der Waals surface area contributed by atoms with Crippen molar-refractivity contribution in [3.8, 4) is 0 Å². The van der Waals surface area contributed by atoms with Crippen LogP contribution in [0.2, 0.25) is 0 Å². The fourth-order valence-electron chi connectivity index (χ4n) is 3.24. The molecule has 1 atom stereocenters. The van der Waals surface area contributed by atoms with E-state index in [1.807, 2.05) is 12.1 Å². The van der Waals surface area contributed by atoms with Gasteiger partial charge < -0.3 is 15.4 Å². The zero-order valence-corrected chi connectivity index (χ0v) is 14.5. The first kappa shape index (κ1) is 18.1. The van der Waals surface area contributed by atoms with Gasteiger partial charge in [-0.3, -0.25) is 19.1 Å². The first-order valence-electron chi connectivity index (χ1n) is 8.58. The zero-order valence-electron chi connectivity index (χ0n) is 14.5. The Kier molecular flexibility index (Phi) is 5.32. The molecule has 0 aromatic carbocycles. The minimum atomic E-state index is -0.516. The van der Waals surface area contributed by atoms with Gasteiger partial charge in [0.1, 0.15) is 0 Å². The number of aliphatic hydroxyl groups excluding tert-OH is 1. The number of nitrogens with zero attached hydrogens (tertiary/aromatic N) is 2. The lowest BCUT2D eigenvalue weighted by molar-refractivity contribution is -0.122. The van der Waals surface area contributed by atoms with Crippen molar-refractivity contribution in [1.82, 2.24) is 19.9 Å². The molecule has 0 saturated heterocycles. The average molecular weight is 358 g/mol. The van der Waals surface area contributed by atoms with E-state index in [0.29, 0.717) is 19.3 Å². The Morgan fingerprint density at radius 2 is 2.08 bits per heavy atom. The standard InChI is InChI=1S/C18H22N4O4/c1-22-17(25)13(10-20-18(22)26)9-16(24)21-15(12-7-14(23)8-12)6-11-2-4-19-5-3-11/h2-5,10,12,14-15,23H,6-9H2,1H3,(H,20,26)(H,21,24)/t12?,14?,15-/m1/s1. The van der Waals surface area contributed by atoms with Crippen LogP contribution in [-0.2, 0) is 24.7 Å². The highest BCUT2D eigenvalue weighted by Gasteiger charge is 2.34. The second-order valence-corrected chi connectivity index (χ2v) is 6.78. The van der Waals surface area contributed by atoms with Crippen molar-refractivity contribution in [2.75, 3.05) is 0 Å². The van der Waals surface area contributed by atoms with E-state index in [-0.39, 0.29) is 36.0 Å². The van der Waals surface area contributed by atoms with Crippen molar-refractivity contribution in [2.24, 2.45) is 13.0 Å². The number of carbonyl (C=O) groups excluding carboxylic acids is 1. The highest BCUT2D eigenvalue weighted by atomic mass is 16.3. The van der Waals surface area contributed by atoms with Gasteiger partial charge in [-0.1, -0.05) is 0 Å². The molecule has 2 heterocycles. The maximum absolute atomic E-state index is 12.5. The molecule has 0 spiro atoms. The Bertz CT molecular complexity index is 884. The molecule has 0 aliphatic heterocycles. The van der Waals surface area contributed by atoms with E-state index in [4.69, 9.17) is 0 Å². The number of aromatic amines is 1. The van der Waals surface area contributed by atoms with Gasteiger partial charge in [0.25, 0.3) is 5.56 Å². The maximum Gasteiger partial charge on any atom is 0.328 e. The summed E-state index contributed by atoms with van der Waals surface area (Å²) in [7, 11) is 1.37. The van der Waals surface area contributed by atoms with Crippen molar-refractivity contribution in [2.45, 2.75) is 37.8 Å². The second-order valence-electron chi connectivity index (χ2n) is 6.78. The third-order valence-electron chi connectivity index (χ3n) is 4.87. The highest BCUT2D eigenvalue weighted by molar-refractivity contribution is 5.78. The summed E-state index contributed by atoms with van der Waals surface area (Å²) in [4.78, 5) is 42.4. The molecule has 0 bridgehead atoms. The number of rotatable bonds is 6. The van der Waals surface area contributed by atoms with Crippen molar-refractivity contribution in [1.29, 1.82) is 0 Å². The van der Waals surface area contributed by atoms with Crippen LogP contribution in [0.1, 0.15) is 24.0 Å². The quantitative estimate of drug-likeness (QED) is 0.644. The molecule has 2 aromatic rings. The zero-order chi connectivity index (χ0) is 18.7. The molecular weight excluding hydrogens is 336 g/mol. The van der Waals surface area contributed by atoms with Gasteiger partial charge in [-0.05, 0) is 42.9 Å². The summed E-state index contributed by atoms with van der Waals surface area (Å²) in [5.74, 6) is -0.0878. The van der Waals surface area contributed by atoms with Crippen molar-refractivity contribution < 1.29 is 9.90 Å². The van der Waals surface area contributed by atoms with Crippen LogP contribution in [0.3, 0.4) is 0 Å². The predicted molar refractivity (Wildman–Crippen MR) is 94.6 cm³/mol. The maximum atomic E-state index is 12.5. The van der Waals surface area contributed by atoms with Crippen molar-refractivity contribution >= 4 is 5.91 Å². The normalized spacial score (nSPS) is 20.2. The molecule has 1 saturated carbocycles. The van der Waals surface area contributed by atoms with Gasteiger partial charge in [0.15, 0.2) is 0 Å². The van der Waals surface area contributed by atoms with Gasteiger partial charge in [0.05, 0.1) is 12.5 Å². The molecule has 1 amide bonds. The summed E-state index contributed by atoms with van der Waals surface area (Å²) >= 11 is 0. The van der Waals surface area contributed by atoms with E-state index in [0.717, 1.165) is 10.1 Å². The van der Waals surface area contributed by atoms with Crippen LogP contribution < -0.4 is 16.6 Å². The van der Waals surface area contributed by atoms with Gasteiger partial charge in [-0.2, -0.15) is 0 Å². The minimum absolute atomic E-state index is 0.106. The molecule has 138 valence electrons. The molecule has 26 heavy (non-hydrogen) atoms. The van der Waals surface area contributed by atoms with E-state index in [1.165, 1.54) is 13.2 Å². The van der Waals surface area contributed by atoms with Crippen LogP contribution >= 0.6 is 0 Å². The number of nitrogens with one attached hydrogen (secondary N) is 2. The number of H-pyrrole nitrogens is 1. The Balaban J connectivity index is 1.70. The van der Waals surface area contributed by atoms with E-state index < -0.39 is 11.2 Å². The fourth-order valence-corrected chi connectivity index (χ4v) is 3.24. The molecule has 1 aliphatic rings. The van der Waals surface area contributed by atoms with Crippen LogP contribution in [0.5, 0.6) is 0 Å². The molecule has 1 fully saturated rings. The molecule has 3 N–H and O–H groups in total. The summed E-state index contributed by atoms with van der Waals surface area (Å²) in [6.07, 6.45) is 6.20. The third kappa shape index (κ3) is 4.08. The lowest BCUT2D eigenvalue weighted by Crippen LogP contribution is -2.49. The third-order valence-corrected chi connectivity index (χ3v) is 4.87.